The number of hydrogen-bond donors (Lipinski definition) is 0. The summed E-state index contributed by atoms with van der Waals surface area (Å²) in [5.74, 6) is 0. The molecule has 0 amide bonds. The molecule has 20 heavy (non-hydrogen) atoms. The average molecular weight is 401 g/mol. The molecule has 2 aromatic heterocycles. The summed E-state index contributed by atoms with van der Waals surface area (Å²) in [7, 11) is 0. The van der Waals surface area contributed by atoms with Crippen molar-refractivity contribution >= 4 is 50.9 Å². The summed E-state index contributed by atoms with van der Waals surface area (Å²) in [6.45, 7) is 0. The maximum absolute atomic E-state index is 10.9. The minimum Gasteiger partial charge on any atom is -0.300 e. The number of aromatic nitrogens is 3. The lowest BCUT2D eigenvalue weighted by atomic mass is 10.3. The molecule has 0 atom stereocenters. The first-order valence-electron chi connectivity index (χ1n) is 5.50. The molecule has 0 bridgehead atoms. The Labute approximate surface area is 131 Å². The Morgan fingerprint density at radius 2 is 2.15 bits per heavy atom. The van der Waals surface area contributed by atoms with E-state index in [-0.39, 0.29) is 5.69 Å². The minimum atomic E-state index is -0.428. The van der Waals surface area contributed by atoms with E-state index in [0.29, 0.717) is 16.5 Å². The molecule has 2 heterocycles. The number of nitro groups is 1. The summed E-state index contributed by atoms with van der Waals surface area (Å²) in [6.07, 6.45) is 3.19. The number of non-ortho nitro benzene ring substituents is 1. The highest BCUT2D eigenvalue weighted by atomic mass is 127. The highest BCUT2D eigenvalue weighted by Gasteiger charge is 2.14. The maximum atomic E-state index is 10.9. The molecule has 100 valence electrons. The van der Waals surface area contributed by atoms with Gasteiger partial charge in [-0.1, -0.05) is 17.7 Å². The zero-order valence-electron chi connectivity index (χ0n) is 9.83. The molecule has 0 N–H and O–H groups in total. The minimum absolute atomic E-state index is 0.0273. The molecule has 0 radical (unpaired) electrons. The van der Waals surface area contributed by atoms with Crippen molar-refractivity contribution in [3.63, 3.8) is 0 Å². The smallest absolute Gasteiger partial charge is 0.271 e. The third-order valence-corrected chi connectivity index (χ3v) is 3.91. The van der Waals surface area contributed by atoms with Gasteiger partial charge in [-0.05, 0) is 28.7 Å². The third-order valence-electron chi connectivity index (χ3n) is 2.81. The van der Waals surface area contributed by atoms with Gasteiger partial charge in [-0.2, -0.15) is 0 Å². The fourth-order valence-corrected chi connectivity index (χ4v) is 3.10. The summed E-state index contributed by atoms with van der Waals surface area (Å²) in [5, 5.41) is 12.0. The van der Waals surface area contributed by atoms with Crippen LogP contribution in [0.2, 0.25) is 5.15 Å². The second-order valence-electron chi connectivity index (χ2n) is 3.99. The Morgan fingerprint density at radius 1 is 1.35 bits per heavy atom. The number of nitro benzene ring substituents is 1. The van der Waals surface area contributed by atoms with Gasteiger partial charge in [0.2, 0.25) is 0 Å². The Kier molecular flexibility index (Phi) is 3.30. The molecule has 0 aliphatic rings. The second-order valence-corrected chi connectivity index (χ2v) is 5.51. The van der Waals surface area contributed by atoms with Gasteiger partial charge in [0.15, 0.2) is 5.65 Å². The monoisotopic (exact) mass is 400 g/mol. The molecule has 0 spiro atoms. The SMILES string of the molecule is O=[N+]([O-])c1cccc(-n2cc(I)c3c(Cl)ncnc32)c1. The number of hydrogen-bond acceptors (Lipinski definition) is 4. The third kappa shape index (κ3) is 2.12. The lowest BCUT2D eigenvalue weighted by Gasteiger charge is -2.04. The summed E-state index contributed by atoms with van der Waals surface area (Å²) < 4.78 is 2.65. The molecule has 0 saturated carbocycles. The van der Waals surface area contributed by atoms with Gasteiger partial charge in [0.05, 0.1) is 16.0 Å². The lowest BCUT2D eigenvalue weighted by molar-refractivity contribution is -0.384. The molecular weight excluding hydrogens is 395 g/mol. The van der Waals surface area contributed by atoms with Gasteiger partial charge in [-0.25, -0.2) is 9.97 Å². The van der Waals surface area contributed by atoms with Gasteiger partial charge in [0, 0.05) is 21.9 Å². The molecule has 0 fully saturated rings. The molecule has 0 aliphatic carbocycles. The van der Waals surface area contributed by atoms with E-state index in [1.165, 1.54) is 18.5 Å². The van der Waals surface area contributed by atoms with E-state index in [9.17, 15) is 10.1 Å². The Morgan fingerprint density at radius 3 is 2.90 bits per heavy atom. The van der Waals surface area contributed by atoms with E-state index in [1.807, 2.05) is 6.20 Å². The van der Waals surface area contributed by atoms with Crippen molar-refractivity contribution in [3.05, 3.63) is 55.6 Å². The zero-order valence-corrected chi connectivity index (χ0v) is 12.7. The highest BCUT2D eigenvalue weighted by molar-refractivity contribution is 14.1. The van der Waals surface area contributed by atoms with Crippen LogP contribution in [0.5, 0.6) is 0 Å². The van der Waals surface area contributed by atoms with E-state index >= 15 is 0 Å². The fraction of sp³-hybridized carbons (Fsp3) is 0. The van der Waals surface area contributed by atoms with Gasteiger partial charge >= 0.3 is 0 Å². The molecule has 0 unspecified atom stereocenters. The predicted molar refractivity (Wildman–Crippen MR) is 83.2 cm³/mol. The lowest BCUT2D eigenvalue weighted by Crippen LogP contribution is -1.96. The standard InChI is InChI=1S/C12H6ClIN4O2/c13-11-10-9(14)5-17(12(10)16-6-15-11)7-2-1-3-8(4-7)18(19)20/h1-6H. The maximum Gasteiger partial charge on any atom is 0.271 e. The van der Waals surface area contributed by atoms with Crippen LogP contribution in [-0.2, 0) is 0 Å². The number of benzene rings is 1. The van der Waals surface area contributed by atoms with Gasteiger partial charge in [0.1, 0.15) is 11.5 Å². The molecule has 8 heteroatoms. The van der Waals surface area contributed by atoms with Crippen LogP contribution in [-0.4, -0.2) is 19.5 Å². The van der Waals surface area contributed by atoms with Crippen molar-refractivity contribution in [1.29, 1.82) is 0 Å². The molecule has 0 saturated heterocycles. The zero-order chi connectivity index (χ0) is 14.3. The van der Waals surface area contributed by atoms with Crippen molar-refractivity contribution in [2.75, 3.05) is 0 Å². The Balaban J connectivity index is 2.28. The largest absolute Gasteiger partial charge is 0.300 e. The van der Waals surface area contributed by atoms with Gasteiger partial charge in [-0.15, -0.1) is 0 Å². The number of halogens is 2. The number of fused-ring (bicyclic) bond motifs is 1. The van der Waals surface area contributed by atoms with Crippen LogP contribution in [0.4, 0.5) is 5.69 Å². The highest BCUT2D eigenvalue weighted by Crippen LogP contribution is 2.29. The summed E-state index contributed by atoms with van der Waals surface area (Å²) >= 11 is 8.20. The molecule has 1 aromatic carbocycles. The van der Waals surface area contributed by atoms with Crippen molar-refractivity contribution in [2.24, 2.45) is 0 Å². The van der Waals surface area contributed by atoms with Crippen LogP contribution in [0, 0.1) is 13.7 Å². The number of nitrogens with zero attached hydrogens (tertiary/aromatic N) is 4. The van der Waals surface area contributed by atoms with Crippen molar-refractivity contribution in [1.82, 2.24) is 14.5 Å². The first kappa shape index (κ1) is 13.3. The van der Waals surface area contributed by atoms with Crippen molar-refractivity contribution in [3.8, 4) is 5.69 Å². The topological polar surface area (TPSA) is 73.8 Å². The van der Waals surface area contributed by atoms with Gasteiger partial charge in [0.25, 0.3) is 5.69 Å². The van der Waals surface area contributed by atoms with E-state index in [0.717, 1.165) is 8.96 Å². The van der Waals surface area contributed by atoms with Crippen LogP contribution in [0.1, 0.15) is 0 Å². The van der Waals surface area contributed by atoms with E-state index in [4.69, 9.17) is 11.6 Å². The van der Waals surface area contributed by atoms with E-state index < -0.39 is 4.92 Å². The van der Waals surface area contributed by atoms with Crippen LogP contribution in [0.15, 0.2) is 36.8 Å². The molecule has 6 nitrogen and oxygen atoms in total. The van der Waals surface area contributed by atoms with Gasteiger partial charge in [-0.3, -0.25) is 14.7 Å². The van der Waals surface area contributed by atoms with Crippen LogP contribution < -0.4 is 0 Å². The molecular formula is C12H6ClIN4O2. The summed E-state index contributed by atoms with van der Waals surface area (Å²) in [6, 6.07) is 6.35. The summed E-state index contributed by atoms with van der Waals surface area (Å²) in [5.41, 5.74) is 1.30. The van der Waals surface area contributed by atoms with E-state index in [1.54, 1.807) is 16.7 Å². The molecule has 0 aliphatic heterocycles. The predicted octanol–water partition coefficient (Wildman–Crippen LogP) is 3.59. The van der Waals surface area contributed by atoms with Crippen LogP contribution in [0.3, 0.4) is 0 Å². The van der Waals surface area contributed by atoms with Crippen LogP contribution >= 0.6 is 34.2 Å². The first-order valence-corrected chi connectivity index (χ1v) is 6.95. The van der Waals surface area contributed by atoms with E-state index in [2.05, 4.69) is 32.6 Å². The normalized spacial score (nSPS) is 10.9. The van der Waals surface area contributed by atoms with Gasteiger partial charge < -0.3 is 0 Å². The Bertz CT molecular complexity index is 833. The fourth-order valence-electron chi connectivity index (χ4n) is 1.94. The average Bonchev–Trinajstić information content (AvgIpc) is 2.78. The molecule has 3 aromatic rings. The number of rotatable bonds is 2. The molecule has 3 rings (SSSR count). The second kappa shape index (κ2) is 4.98. The van der Waals surface area contributed by atoms with Crippen LogP contribution in [0.25, 0.3) is 16.7 Å². The Hall–Kier alpha value is -1.74. The quantitative estimate of drug-likeness (QED) is 0.285. The summed E-state index contributed by atoms with van der Waals surface area (Å²) in [4.78, 5) is 18.6. The van der Waals surface area contributed by atoms with Crippen molar-refractivity contribution < 1.29 is 4.92 Å². The first-order chi connectivity index (χ1) is 9.58. The van der Waals surface area contributed by atoms with Crippen molar-refractivity contribution in [2.45, 2.75) is 0 Å².